The zero-order valence-corrected chi connectivity index (χ0v) is 29.1. The van der Waals surface area contributed by atoms with Crippen molar-refractivity contribution in [2.45, 2.75) is 123 Å². The molecule has 10 heteroatoms. The molecule has 1 unspecified atom stereocenters. The third-order valence-electron chi connectivity index (χ3n) is 8.20. The van der Waals surface area contributed by atoms with E-state index < -0.39 is 7.60 Å². The maximum atomic E-state index is 12.4. The van der Waals surface area contributed by atoms with Gasteiger partial charge in [-0.2, -0.15) is 4.98 Å². The number of nitrogens with one attached hydrogen (secondary N) is 2. The summed E-state index contributed by atoms with van der Waals surface area (Å²) in [6.07, 6.45) is 23.5. The number of nitrogens with zero attached hydrogens (tertiary/aromatic N) is 2. The number of hydrogen-bond acceptors (Lipinski definition) is 7. The molecule has 9 nitrogen and oxygen atoms in total. The van der Waals surface area contributed by atoms with Crippen molar-refractivity contribution in [2.75, 3.05) is 32.5 Å². The molecule has 0 radical (unpaired) electrons. The monoisotopic (exact) mass is 658 g/mol. The van der Waals surface area contributed by atoms with Crippen molar-refractivity contribution in [3.05, 3.63) is 54.0 Å². The predicted molar refractivity (Wildman–Crippen MR) is 187 cm³/mol. The standard InChI is InChI=1S/C36H59N4O5P/c1-2-3-4-5-6-7-8-9-10-11-12-13-14-18-24-43-25-20-26-45-46(41,42)27-19-23-37-28-33-29-38-35-34(33)39-31-40-36(35)44-30-32-21-16-15-17-22-32/h15-17,21-22,29,31,37-38H,2-14,18-20,23-28,30H2,1H3,(H,41,42). The first-order valence-corrected chi connectivity index (χ1v) is 19.6. The Hall–Kier alpha value is -2.29. The van der Waals surface area contributed by atoms with Crippen molar-refractivity contribution >= 4 is 18.6 Å². The maximum absolute atomic E-state index is 12.4. The van der Waals surface area contributed by atoms with Crippen LogP contribution in [0.4, 0.5) is 0 Å². The molecule has 0 amide bonds. The third kappa shape index (κ3) is 16.5. The molecule has 46 heavy (non-hydrogen) atoms. The summed E-state index contributed by atoms with van der Waals surface area (Å²) >= 11 is 0. The largest absolute Gasteiger partial charge is 0.471 e. The lowest BCUT2D eigenvalue weighted by Gasteiger charge is -2.12. The van der Waals surface area contributed by atoms with Gasteiger partial charge in [-0.15, -0.1) is 0 Å². The number of hydrogen-bond donors (Lipinski definition) is 3. The van der Waals surface area contributed by atoms with Crippen LogP contribution in [0.25, 0.3) is 11.0 Å². The SMILES string of the molecule is CCCCCCCCCCCCCCCCOCCCOP(=O)(O)CCCNCc1c[nH]c2c(OCc3ccccc3)ncnc12. The van der Waals surface area contributed by atoms with Crippen LogP contribution >= 0.6 is 7.60 Å². The van der Waals surface area contributed by atoms with Crippen LogP contribution < -0.4 is 10.1 Å². The highest BCUT2D eigenvalue weighted by Gasteiger charge is 2.18. The van der Waals surface area contributed by atoms with Crippen LogP contribution in [0.3, 0.4) is 0 Å². The Labute approximate surface area is 277 Å². The van der Waals surface area contributed by atoms with Crippen LogP contribution in [0.15, 0.2) is 42.9 Å². The molecule has 3 rings (SSSR count). The summed E-state index contributed by atoms with van der Waals surface area (Å²) in [5.41, 5.74) is 3.61. The Morgan fingerprint density at radius 2 is 1.46 bits per heavy atom. The zero-order valence-electron chi connectivity index (χ0n) is 28.2. The highest BCUT2D eigenvalue weighted by molar-refractivity contribution is 7.52. The molecule has 258 valence electrons. The van der Waals surface area contributed by atoms with Crippen molar-refractivity contribution in [3.63, 3.8) is 0 Å². The molecular formula is C36H59N4O5P. The average molecular weight is 659 g/mol. The summed E-state index contributed by atoms with van der Waals surface area (Å²) in [6, 6.07) is 9.95. The summed E-state index contributed by atoms with van der Waals surface area (Å²) in [4.78, 5) is 22.1. The Balaban J connectivity index is 1.12. The fraction of sp³-hybridized carbons (Fsp3) is 0.667. The minimum absolute atomic E-state index is 0.118. The van der Waals surface area contributed by atoms with Gasteiger partial charge >= 0.3 is 7.60 Å². The van der Waals surface area contributed by atoms with Crippen LogP contribution in [0, 0.1) is 0 Å². The molecule has 0 aliphatic heterocycles. The molecule has 0 saturated carbocycles. The molecule has 0 aliphatic carbocycles. The number of rotatable bonds is 29. The fourth-order valence-corrected chi connectivity index (χ4v) is 6.60. The van der Waals surface area contributed by atoms with E-state index in [-0.39, 0.29) is 12.8 Å². The van der Waals surface area contributed by atoms with E-state index in [1.807, 2.05) is 36.5 Å². The van der Waals surface area contributed by atoms with Gasteiger partial charge in [0, 0.05) is 31.5 Å². The lowest BCUT2D eigenvalue weighted by molar-refractivity contribution is 0.113. The van der Waals surface area contributed by atoms with Crippen LogP contribution in [-0.2, 0) is 27.0 Å². The van der Waals surface area contributed by atoms with E-state index in [1.54, 1.807) is 0 Å². The summed E-state index contributed by atoms with van der Waals surface area (Å²) in [5, 5.41) is 3.33. The first-order chi connectivity index (χ1) is 22.6. The van der Waals surface area contributed by atoms with Crippen molar-refractivity contribution in [1.29, 1.82) is 0 Å². The molecule has 0 saturated heterocycles. The van der Waals surface area contributed by atoms with Crippen LogP contribution in [-0.4, -0.2) is 52.4 Å². The second-order valence-corrected chi connectivity index (χ2v) is 14.3. The molecule has 2 aromatic heterocycles. The fourth-order valence-electron chi connectivity index (χ4n) is 5.50. The minimum Gasteiger partial charge on any atom is -0.471 e. The number of benzene rings is 1. The first-order valence-electron chi connectivity index (χ1n) is 17.8. The Kier molecular flexibility index (Phi) is 19.9. The molecule has 1 aromatic carbocycles. The van der Waals surface area contributed by atoms with Gasteiger partial charge in [-0.1, -0.05) is 121 Å². The van der Waals surface area contributed by atoms with E-state index >= 15 is 0 Å². The zero-order chi connectivity index (χ0) is 32.5. The van der Waals surface area contributed by atoms with Crippen molar-refractivity contribution in [2.24, 2.45) is 0 Å². The minimum atomic E-state index is -3.60. The van der Waals surface area contributed by atoms with Crippen LogP contribution in [0.2, 0.25) is 0 Å². The van der Waals surface area contributed by atoms with Gasteiger partial charge in [0.25, 0.3) is 0 Å². The quantitative estimate of drug-likeness (QED) is 0.0499. The van der Waals surface area contributed by atoms with Gasteiger partial charge in [-0.3, -0.25) is 4.57 Å². The number of H-pyrrole nitrogens is 1. The first kappa shape index (κ1) is 38.2. The molecule has 3 N–H and O–H groups in total. The van der Waals surface area contributed by atoms with Crippen molar-refractivity contribution in [3.8, 4) is 5.88 Å². The van der Waals surface area contributed by atoms with Crippen molar-refractivity contribution < 1.29 is 23.5 Å². The smallest absolute Gasteiger partial charge is 0.328 e. The summed E-state index contributed by atoms with van der Waals surface area (Å²) in [6.45, 7) is 5.42. The lowest BCUT2D eigenvalue weighted by Crippen LogP contribution is -2.16. The highest BCUT2D eigenvalue weighted by Crippen LogP contribution is 2.42. The van der Waals surface area contributed by atoms with E-state index in [2.05, 4.69) is 27.2 Å². The molecule has 3 aromatic rings. The summed E-state index contributed by atoms with van der Waals surface area (Å²) < 4.78 is 29.3. The maximum Gasteiger partial charge on any atom is 0.328 e. The topological polar surface area (TPSA) is 119 Å². The van der Waals surface area contributed by atoms with Crippen LogP contribution in [0.1, 0.15) is 121 Å². The number of aromatic nitrogens is 3. The molecular weight excluding hydrogens is 599 g/mol. The molecule has 0 fully saturated rings. The van der Waals surface area contributed by atoms with E-state index in [1.165, 1.54) is 89.8 Å². The highest BCUT2D eigenvalue weighted by atomic mass is 31.2. The van der Waals surface area contributed by atoms with Gasteiger partial charge in [0.15, 0.2) is 0 Å². The van der Waals surface area contributed by atoms with Crippen molar-refractivity contribution in [1.82, 2.24) is 20.3 Å². The van der Waals surface area contributed by atoms with Gasteiger partial charge in [0.2, 0.25) is 5.88 Å². The second-order valence-electron chi connectivity index (χ2n) is 12.3. The number of unbranched alkanes of at least 4 members (excludes halogenated alkanes) is 13. The molecule has 0 spiro atoms. The average Bonchev–Trinajstić information content (AvgIpc) is 3.48. The molecule has 1 atom stereocenters. The summed E-state index contributed by atoms with van der Waals surface area (Å²) in [7, 11) is -3.60. The number of ether oxygens (including phenoxy) is 2. The molecule has 0 aliphatic rings. The van der Waals surface area contributed by atoms with Gasteiger partial charge in [0.1, 0.15) is 18.5 Å². The number of fused-ring (bicyclic) bond motifs is 1. The molecule has 2 heterocycles. The predicted octanol–water partition coefficient (Wildman–Crippen LogP) is 9.11. The van der Waals surface area contributed by atoms with Crippen LogP contribution in [0.5, 0.6) is 5.88 Å². The Bertz CT molecular complexity index is 1230. The van der Waals surface area contributed by atoms with E-state index in [0.717, 1.165) is 35.2 Å². The lowest BCUT2D eigenvalue weighted by atomic mass is 10.0. The molecule has 0 bridgehead atoms. The van der Waals surface area contributed by atoms with Gasteiger partial charge in [-0.05, 0) is 31.4 Å². The van der Waals surface area contributed by atoms with Gasteiger partial charge in [-0.25, -0.2) is 4.98 Å². The number of aromatic amines is 1. The van der Waals surface area contributed by atoms with E-state index in [0.29, 0.717) is 45.0 Å². The van der Waals surface area contributed by atoms with E-state index in [4.69, 9.17) is 14.0 Å². The normalized spacial score (nSPS) is 12.9. The van der Waals surface area contributed by atoms with Gasteiger partial charge in [0.05, 0.1) is 18.3 Å². The Morgan fingerprint density at radius 3 is 2.15 bits per heavy atom. The third-order valence-corrected chi connectivity index (χ3v) is 9.67. The van der Waals surface area contributed by atoms with E-state index in [9.17, 15) is 9.46 Å². The van der Waals surface area contributed by atoms with Gasteiger partial charge < -0.3 is 29.2 Å². The Morgan fingerprint density at radius 1 is 0.804 bits per heavy atom. The second kappa shape index (κ2) is 23.9. The summed E-state index contributed by atoms with van der Waals surface area (Å²) in [5.74, 6) is 0.513.